The van der Waals surface area contributed by atoms with Crippen LogP contribution in [0.2, 0.25) is 0 Å². The maximum Gasteiger partial charge on any atom is 0.303 e. The normalized spacial score (nSPS) is 12.4. The highest BCUT2D eigenvalue weighted by Crippen LogP contribution is 2.26. The molecule has 0 radical (unpaired) electrons. The van der Waals surface area contributed by atoms with Crippen LogP contribution in [0.3, 0.4) is 0 Å². The van der Waals surface area contributed by atoms with Crippen molar-refractivity contribution in [3.05, 3.63) is 84.2 Å². The summed E-state index contributed by atoms with van der Waals surface area (Å²) < 4.78 is 20.7. The van der Waals surface area contributed by atoms with Crippen LogP contribution in [-0.4, -0.2) is 40.1 Å². The number of aliphatic carboxylic acids is 1. The van der Waals surface area contributed by atoms with Crippen LogP contribution in [-0.2, 0) is 9.63 Å². The molecular formula is C23H24FN3O4. The van der Waals surface area contributed by atoms with Crippen LogP contribution in [0.25, 0.3) is 0 Å². The molecule has 0 saturated carbocycles. The fraction of sp³-hybridized carbons (Fsp3) is 0.261. The van der Waals surface area contributed by atoms with Crippen LogP contribution in [0.15, 0.2) is 72.4 Å². The molecule has 0 amide bonds. The Hall–Kier alpha value is -3.68. The van der Waals surface area contributed by atoms with Crippen molar-refractivity contribution >= 4 is 11.7 Å². The van der Waals surface area contributed by atoms with Gasteiger partial charge in [-0.1, -0.05) is 17.3 Å². The van der Waals surface area contributed by atoms with Gasteiger partial charge in [-0.25, -0.2) is 9.37 Å². The molecule has 1 N–H and O–H groups in total. The molecule has 1 atom stereocenters. The number of aromatic nitrogens is 2. The van der Waals surface area contributed by atoms with Crippen LogP contribution in [0.5, 0.6) is 5.75 Å². The van der Waals surface area contributed by atoms with E-state index in [0.29, 0.717) is 24.3 Å². The molecule has 1 heterocycles. The van der Waals surface area contributed by atoms with Gasteiger partial charge in [-0.2, -0.15) is 0 Å². The molecule has 8 heteroatoms. The first kappa shape index (κ1) is 22.0. The Bertz CT molecular complexity index is 987. The number of oxime groups is 1. The molecule has 0 aliphatic carbocycles. The van der Waals surface area contributed by atoms with Crippen LogP contribution in [0.1, 0.15) is 36.4 Å². The average molecular weight is 425 g/mol. The second kappa shape index (κ2) is 10.9. The lowest BCUT2D eigenvalue weighted by Crippen LogP contribution is -2.21. The maximum atomic E-state index is 13.5. The van der Waals surface area contributed by atoms with Gasteiger partial charge >= 0.3 is 5.97 Å². The minimum Gasteiger partial charge on any atom is -0.497 e. The lowest BCUT2D eigenvalue weighted by Gasteiger charge is -2.21. The van der Waals surface area contributed by atoms with Crippen LogP contribution < -0.4 is 4.74 Å². The first-order valence-corrected chi connectivity index (χ1v) is 9.87. The van der Waals surface area contributed by atoms with Crippen molar-refractivity contribution in [3.63, 3.8) is 0 Å². The summed E-state index contributed by atoms with van der Waals surface area (Å²) in [5, 5.41) is 13.2. The zero-order valence-corrected chi connectivity index (χ0v) is 17.1. The van der Waals surface area contributed by atoms with Gasteiger partial charge in [-0.15, -0.1) is 0 Å². The number of methoxy groups -OCH3 is 1. The molecule has 1 unspecified atom stereocenters. The number of hydrogen-bond donors (Lipinski definition) is 1. The number of carbonyl (C=O) groups is 1. The van der Waals surface area contributed by atoms with Crippen LogP contribution in [0, 0.1) is 5.82 Å². The van der Waals surface area contributed by atoms with Gasteiger partial charge in [0.1, 0.15) is 29.9 Å². The summed E-state index contributed by atoms with van der Waals surface area (Å²) in [6.45, 7) is 0.285. The van der Waals surface area contributed by atoms with E-state index in [1.54, 1.807) is 38.0 Å². The van der Waals surface area contributed by atoms with Gasteiger partial charge in [0.25, 0.3) is 0 Å². The summed E-state index contributed by atoms with van der Waals surface area (Å²) >= 11 is 0. The van der Waals surface area contributed by atoms with E-state index in [-0.39, 0.29) is 18.8 Å². The molecule has 2 aromatic carbocycles. The van der Waals surface area contributed by atoms with Crippen LogP contribution in [0.4, 0.5) is 4.39 Å². The second-order valence-electron chi connectivity index (χ2n) is 6.85. The molecule has 7 nitrogen and oxygen atoms in total. The van der Waals surface area contributed by atoms with E-state index in [0.717, 1.165) is 11.1 Å². The Balaban J connectivity index is 1.93. The molecule has 0 aliphatic rings. The molecule has 0 spiro atoms. The van der Waals surface area contributed by atoms with Crippen molar-refractivity contribution in [2.45, 2.75) is 25.3 Å². The quantitative estimate of drug-likeness (QED) is 0.281. The standard InChI is InChI=1S/C23H24FN3O4/c1-30-20-11-7-17(8-12-20)22(26-31-15-3-2-4-21(28)29)23(27-14-13-25-16-27)18-5-9-19(24)10-6-18/h5-14,16,23H,2-4,15H2,1H3,(H,28,29)/b26-22+. The van der Waals surface area contributed by atoms with Gasteiger partial charge in [0, 0.05) is 24.4 Å². The Morgan fingerprint density at radius 2 is 1.90 bits per heavy atom. The number of carboxylic acid groups (broad SMARTS) is 1. The monoisotopic (exact) mass is 425 g/mol. The van der Waals surface area contributed by atoms with Crippen molar-refractivity contribution < 1.29 is 23.9 Å². The van der Waals surface area contributed by atoms with Crippen molar-refractivity contribution in [3.8, 4) is 5.75 Å². The Kier molecular flexibility index (Phi) is 7.75. The molecule has 3 rings (SSSR count). The predicted octanol–water partition coefficient (Wildman–Crippen LogP) is 4.30. The fourth-order valence-electron chi connectivity index (χ4n) is 3.12. The van der Waals surface area contributed by atoms with Gasteiger partial charge in [0.05, 0.1) is 13.4 Å². The van der Waals surface area contributed by atoms with Gasteiger partial charge in [-0.05, 0) is 54.8 Å². The van der Waals surface area contributed by atoms with Gasteiger partial charge in [-0.3, -0.25) is 4.79 Å². The third-order valence-electron chi connectivity index (χ3n) is 4.69. The minimum absolute atomic E-state index is 0.0889. The number of imidazole rings is 1. The summed E-state index contributed by atoms with van der Waals surface area (Å²) in [5.41, 5.74) is 2.21. The van der Waals surface area contributed by atoms with Gasteiger partial charge in [0.15, 0.2) is 0 Å². The summed E-state index contributed by atoms with van der Waals surface area (Å²) in [5.74, 6) is -0.455. The number of unbranched alkanes of at least 4 members (excludes halogenated alkanes) is 1. The number of nitrogens with zero attached hydrogens (tertiary/aromatic N) is 3. The van der Waals surface area contributed by atoms with Crippen molar-refractivity contribution in [1.82, 2.24) is 9.55 Å². The van der Waals surface area contributed by atoms with Gasteiger partial charge in [0.2, 0.25) is 0 Å². The Morgan fingerprint density at radius 3 is 2.52 bits per heavy atom. The fourth-order valence-corrected chi connectivity index (χ4v) is 3.12. The molecule has 31 heavy (non-hydrogen) atoms. The third-order valence-corrected chi connectivity index (χ3v) is 4.69. The highest BCUT2D eigenvalue weighted by atomic mass is 19.1. The van der Waals surface area contributed by atoms with E-state index in [9.17, 15) is 9.18 Å². The highest BCUT2D eigenvalue weighted by molar-refractivity contribution is 6.04. The van der Waals surface area contributed by atoms with Crippen molar-refractivity contribution in [1.29, 1.82) is 0 Å². The lowest BCUT2D eigenvalue weighted by molar-refractivity contribution is -0.137. The van der Waals surface area contributed by atoms with Crippen molar-refractivity contribution in [2.24, 2.45) is 5.16 Å². The average Bonchev–Trinajstić information content (AvgIpc) is 3.30. The zero-order valence-electron chi connectivity index (χ0n) is 17.1. The SMILES string of the molecule is COc1ccc(/C(=N\OCCCCC(=O)O)C(c2ccc(F)cc2)n2ccnc2)cc1. The number of carboxylic acids is 1. The molecule has 3 aromatic rings. The number of halogens is 1. The van der Waals surface area contributed by atoms with Crippen LogP contribution >= 0.6 is 0 Å². The lowest BCUT2D eigenvalue weighted by atomic mass is 9.96. The smallest absolute Gasteiger partial charge is 0.303 e. The highest BCUT2D eigenvalue weighted by Gasteiger charge is 2.23. The number of hydrogen-bond acceptors (Lipinski definition) is 5. The number of ether oxygens (including phenoxy) is 1. The maximum absolute atomic E-state index is 13.5. The molecule has 0 bridgehead atoms. The molecule has 0 saturated heterocycles. The second-order valence-corrected chi connectivity index (χ2v) is 6.85. The Labute approximate surface area is 179 Å². The molecular weight excluding hydrogens is 401 g/mol. The molecule has 1 aromatic heterocycles. The molecule has 0 fully saturated rings. The molecule has 162 valence electrons. The first-order valence-electron chi connectivity index (χ1n) is 9.87. The number of rotatable bonds is 11. The first-order chi connectivity index (χ1) is 15.1. The van der Waals surface area contributed by atoms with E-state index in [2.05, 4.69) is 10.1 Å². The number of benzene rings is 2. The molecule has 0 aliphatic heterocycles. The van der Waals surface area contributed by atoms with Crippen molar-refractivity contribution in [2.75, 3.05) is 13.7 Å². The zero-order chi connectivity index (χ0) is 22.1. The summed E-state index contributed by atoms with van der Waals surface area (Å²) in [7, 11) is 1.59. The summed E-state index contributed by atoms with van der Waals surface area (Å²) in [6.07, 6.45) is 6.30. The van der Waals surface area contributed by atoms with E-state index < -0.39 is 12.0 Å². The van der Waals surface area contributed by atoms with E-state index in [4.69, 9.17) is 14.7 Å². The van der Waals surface area contributed by atoms with E-state index in [1.165, 1.54) is 12.1 Å². The largest absolute Gasteiger partial charge is 0.497 e. The predicted molar refractivity (Wildman–Crippen MR) is 114 cm³/mol. The topological polar surface area (TPSA) is 85.9 Å². The van der Waals surface area contributed by atoms with E-state index in [1.807, 2.05) is 28.8 Å². The van der Waals surface area contributed by atoms with Gasteiger partial charge < -0.3 is 19.2 Å². The van der Waals surface area contributed by atoms with E-state index >= 15 is 0 Å². The Morgan fingerprint density at radius 1 is 1.16 bits per heavy atom. The summed E-state index contributed by atoms with van der Waals surface area (Å²) in [4.78, 5) is 20.4. The summed E-state index contributed by atoms with van der Waals surface area (Å²) in [6, 6.07) is 13.2. The third kappa shape index (κ3) is 6.15. The minimum atomic E-state index is -0.834.